The molecule has 0 heterocycles. The van der Waals surface area contributed by atoms with Crippen LogP contribution >= 0.6 is 0 Å². The lowest BCUT2D eigenvalue weighted by Crippen LogP contribution is -2.17. The van der Waals surface area contributed by atoms with Gasteiger partial charge in [0.2, 0.25) is 0 Å². The maximum absolute atomic E-state index is 11.3. The molecule has 154 valence electrons. The van der Waals surface area contributed by atoms with Crippen molar-refractivity contribution in [3.8, 4) is 0 Å². The van der Waals surface area contributed by atoms with Crippen LogP contribution in [-0.4, -0.2) is 25.5 Å². The molecule has 0 fully saturated rings. The van der Waals surface area contributed by atoms with E-state index in [2.05, 4.69) is 33.5 Å². The minimum atomic E-state index is -1.27. The number of rotatable bonds is 15. The predicted octanol–water partition coefficient (Wildman–Crippen LogP) is 5.50. The van der Waals surface area contributed by atoms with E-state index in [1.165, 1.54) is 0 Å². The molecular weight excluding hydrogens is 344 g/mol. The van der Waals surface area contributed by atoms with Gasteiger partial charge in [-0.3, -0.25) is 4.89 Å². The van der Waals surface area contributed by atoms with E-state index in [0.29, 0.717) is 5.92 Å². The smallest absolute Gasteiger partial charge is 0.432 e. The second kappa shape index (κ2) is 16.9. The van der Waals surface area contributed by atoms with Gasteiger partial charge in [-0.25, -0.2) is 14.6 Å². The highest BCUT2D eigenvalue weighted by molar-refractivity contribution is 5.59. The largest absolute Gasteiger partial charge is 0.575 e. The van der Waals surface area contributed by atoms with Crippen molar-refractivity contribution in [2.75, 3.05) is 13.2 Å². The van der Waals surface area contributed by atoms with Gasteiger partial charge in [0.15, 0.2) is 0 Å². The molecule has 0 spiro atoms. The molecule has 0 saturated heterocycles. The van der Waals surface area contributed by atoms with Gasteiger partial charge in [0.05, 0.1) is 18.3 Å². The van der Waals surface area contributed by atoms with Crippen LogP contribution in [0, 0.1) is 11.8 Å². The highest BCUT2D eigenvalue weighted by Crippen LogP contribution is 2.14. The van der Waals surface area contributed by atoms with Crippen LogP contribution in [0.5, 0.6) is 0 Å². The Morgan fingerprint density at radius 2 is 1.27 bits per heavy atom. The van der Waals surface area contributed by atoms with Crippen LogP contribution in [0.4, 0.5) is 9.59 Å². The second-order valence-electron chi connectivity index (χ2n) is 6.25. The summed E-state index contributed by atoms with van der Waals surface area (Å²) in [5, 5.41) is 4.02. The van der Waals surface area contributed by atoms with E-state index in [0.717, 1.165) is 51.4 Å². The van der Waals surface area contributed by atoms with Crippen molar-refractivity contribution in [1.82, 2.24) is 0 Å². The maximum Gasteiger partial charge on any atom is 0.575 e. The van der Waals surface area contributed by atoms with Gasteiger partial charge in [0.1, 0.15) is 0 Å². The molecule has 0 aromatic heterocycles. The summed E-state index contributed by atoms with van der Waals surface area (Å²) in [6.07, 6.45) is 5.76. The summed E-state index contributed by atoms with van der Waals surface area (Å²) in [6.45, 7) is 8.76. The zero-order chi connectivity index (χ0) is 19.6. The molecule has 0 rings (SSSR count). The Kier molecular flexibility index (Phi) is 15.9. The Labute approximate surface area is 156 Å². The molecule has 0 aromatic rings. The lowest BCUT2D eigenvalue weighted by molar-refractivity contribution is -0.468. The third-order valence-electron chi connectivity index (χ3n) is 4.16. The average Bonchev–Trinajstić information content (AvgIpc) is 2.64. The zero-order valence-electron chi connectivity index (χ0n) is 16.5. The summed E-state index contributed by atoms with van der Waals surface area (Å²) < 4.78 is 4.89. The van der Waals surface area contributed by atoms with Crippen LogP contribution in [0.1, 0.15) is 79.1 Å². The Bertz CT molecular complexity index is 361. The van der Waals surface area contributed by atoms with Crippen molar-refractivity contribution in [2.24, 2.45) is 11.8 Å². The lowest BCUT2D eigenvalue weighted by atomic mass is 10.0. The molecule has 26 heavy (non-hydrogen) atoms. The molecule has 0 aliphatic heterocycles. The van der Waals surface area contributed by atoms with Gasteiger partial charge < -0.3 is 4.74 Å². The Morgan fingerprint density at radius 3 is 1.81 bits per heavy atom. The highest BCUT2D eigenvalue weighted by Gasteiger charge is 2.15. The number of unbranched alkanes of at least 4 members (excludes halogenated alkanes) is 2. The fourth-order valence-electron chi connectivity index (χ4n) is 2.27. The normalized spacial score (nSPS) is 12.9. The van der Waals surface area contributed by atoms with Crippen molar-refractivity contribution in [3.05, 3.63) is 0 Å². The Balaban J connectivity index is 3.74. The third kappa shape index (κ3) is 13.7. The molecule has 8 heteroatoms. The molecule has 0 bridgehead atoms. The minimum absolute atomic E-state index is 0.225. The van der Waals surface area contributed by atoms with Gasteiger partial charge in [-0.05, 0) is 24.7 Å². The quantitative estimate of drug-likeness (QED) is 0.209. The van der Waals surface area contributed by atoms with E-state index in [9.17, 15) is 9.59 Å². The van der Waals surface area contributed by atoms with Gasteiger partial charge in [0.25, 0.3) is 0 Å². The second-order valence-corrected chi connectivity index (χ2v) is 6.25. The fourth-order valence-corrected chi connectivity index (χ4v) is 2.27. The molecular formula is C18H34O8. The lowest BCUT2D eigenvalue weighted by Gasteiger charge is -2.13. The Hall–Kier alpha value is -1.54. The fraction of sp³-hybridized carbons (Fsp3) is 0.889. The average molecular weight is 378 g/mol. The molecule has 0 amide bonds. The summed E-state index contributed by atoms with van der Waals surface area (Å²) in [5.74, 6) is 0.565. The predicted molar refractivity (Wildman–Crippen MR) is 93.6 cm³/mol. The van der Waals surface area contributed by atoms with Gasteiger partial charge in [-0.2, -0.15) is 9.68 Å². The van der Waals surface area contributed by atoms with Crippen molar-refractivity contribution < 1.29 is 38.9 Å². The molecule has 0 saturated carbocycles. The summed E-state index contributed by atoms with van der Waals surface area (Å²) in [4.78, 5) is 40.0. The number of hydrogen-bond acceptors (Lipinski definition) is 8. The number of carbonyl (C=O) groups is 2. The van der Waals surface area contributed by atoms with E-state index in [1.807, 2.05) is 13.8 Å². The molecule has 8 nitrogen and oxygen atoms in total. The molecule has 2 unspecified atom stereocenters. The first-order chi connectivity index (χ1) is 12.6. The molecule has 0 radical (unpaired) electrons. The van der Waals surface area contributed by atoms with Crippen LogP contribution in [-0.2, 0) is 29.3 Å². The van der Waals surface area contributed by atoms with Crippen LogP contribution in [0.25, 0.3) is 0 Å². The zero-order valence-corrected chi connectivity index (χ0v) is 16.5. The Morgan fingerprint density at radius 1 is 0.731 bits per heavy atom. The third-order valence-corrected chi connectivity index (χ3v) is 4.16. The molecule has 0 N–H and O–H groups in total. The first-order valence-electron chi connectivity index (χ1n) is 9.58. The minimum Gasteiger partial charge on any atom is -0.432 e. The van der Waals surface area contributed by atoms with Crippen molar-refractivity contribution in [1.29, 1.82) is 0 Å². The summed E-state index contributed by atoms with van der Waals surface area (Å²) in [7, 11) is 0. The van der Waals surface area contributed by atoms with Crippen molar-refractivity contribution >= 4 is 12.3 Å². The summed E-state index contributed by atoms with van der Waals surface area (Å²) in [6, 6.07) is 0. The monoisotopic (exact) mass is 378 g/mol. The summed E-state index contributed by atoms with van der Waals surface area (Å²) >= 11 is 0. The first-order valence-corrected chi connectivity index (χ1v) is 9.58. The molecule has 0 aliphatic carbocycles. The van der Waals surface area contributed by atoms with E-state index >= 15 is 0 Å². The SMILES string of the molecule is CCCCC(CC)COOC(=O)OOOC(=O)OCC(CC)CCCC. The molecule has 2 atom stereocenters. The van der Waals surface area contributed by atoms with E-state index in [4.69, 9.17) is 9.62 Å². The van der Waals surface area contributed by atoms with E-state index in [-0.39, 0.29) is 19.1 Å². The number of hydrogen-bond donors (Lipinski definition) is 0. The van der Waals surface area contributed by atoms with Gasteiger partial charge in [-0.15, -0.1) is 0 Å². The van der Waals surface area contributed by atoms with Gasteiger partial charge >= 0.3 is 12.3 Å². The van der Waals surface area contributed by atoms with Gasteiger partial charge in [0, 0.05) is 0 Å². The highest BCUT2D eigenvalue weighted by atomic mass is 17.5. The van der Waals surface area contributed by atoms with E-state index in [1.54, 1.807) is 0 Å². The van der Waals surface area contributed by atoms with E-state index < -0.39 is 12.3 Å². The van der Waals surface area contributed by atoms with Crippen LogP contribution in [0.3, 0.4) is 0 Å². The number of ether oxygens (including phenoxy) is 1. The van der Waals surface area contributed by atoms with Crippen molar-refractivity contribution in [2.45, 2.75) is 79.1 Å². The molecule has 0 aliphatic rings. The standard InChI is InChI=1S/C18H34O8/c1-5-9-11-15(7-3)13-21-17(19)24-26-25-18(20)23-22-14-16(8-4)12-10-6-2/h15-16H,5-14H2,1-4H3. The molecule has 0 aromatic carbocycles. The van der Waals surface area contributed by atoms with Crippen LogP contribution < -0.4 is 0 Å². The number of carbonyl (C=O) groups excluding carboxylic acids is 2. The first kappa shape index (κ1) is 24.5. The maximum atomic E-state index is 11.3. The van der Waals surface area contributed by atoms with Crippen LogP contribution in [0.15, 0.2) is 0 Å². The topological polar surface area (TPSA) is 89.5 Å². The summed E-state index contributed by atoms with van der Waals surface area (Å²) in [5.41, 5.74) is 0. The van der Waals surface area contributed by atoms with Crippen molar-refractivity contribution in [3.63, 3.8) is 0 Å². The van der Waals surface area contributed by atoms with Gasteiger partial charge in [-0.1, -0.05) is 66.2 Å². The van der Waals surface area contributed by atoms with Crippen LogP contribution in [0.2, 0.25) is 0 Å².